The van der Waals surface area contributed by atoms with Gasteiger partial charge < -0.3 is 4.74 Å². The second-order valence-electron chi connectivity index (χ2n) is 7.42. The molecule has 0 amide bonds. The van der Waals surface area contributed by atoms with Crippen molar-refractivity contribution in [3.8, 4) is 0 Å². The minimum atomic E-state index is -0.307. The Morgan fingerprint density at radius 2 is 1.97 bits per heavy atom. The molecule has 0 aromatic carbocycles. The maximum absolute atomic E-state index is 12.3. The summed E-state index contributed by atoms with van der Waals surface area (Å²) in [6.45, 7) is 13.8. The van der Waals surface area contributed by atoms with Crippen LogP contribution in [-0.2, 0) is 4.74 Å². The molecule has 1 aromatic heterocycles. The lowest BCUT2D eigenvalue weighted by Gasteiger charge is -2.10. The molecule has 1 heterocycles. The lowest BCUT2D eigenvalue weighted by Crippen LogP contribution is -2.17. The lowest BCUT2D eigenvalue weighted by molar-refractivity contribution is 0.144. The molecule has 0 atom stereocenters. The van der Waals surface area contributed by atoms with Crippen LogP contribution in [-0.4, -0.2) is 27.1 Å². The minimum absolute atomic E-state index is 0.104. The van der Waals surface area contributed by atoms with Gasteiger partial charge in [-0.1, -0.05) is 29.3 Å². The number of aromatic nitrogens is 3. The zero-order valence-corrected chi connectivity index (χ0v) is 20.2. The molecule has 0 unspecified atom stereocenters. The van der Waals surface area contributed by atoms with Crippen LogP contribution >= 0.6 is 11.6 Å². The highest BCUT2D eigenvalue weighted by Gasteiger charge is 2.13. The van der Waals surface area contributed by atoms with E-state index >= 15 is 0 Å². The first kappa shape index (κ1) is 26.2. The Labute approximate surface area is 190 Å². The van der Waals surface area contributed by atoms with Crippen LogP contribution in [0.1, 0.15) is 60.7 Å². The second-order valence-corrected chi connectivity index (χ2v) is 8.01. The number of aromatic amines is 1. The Balaban J connectivity index is 0.000000861. The monoisotopic (exact) mass is 444 g/mol. The van der Waals surface area contributed by atoms with Gasteiger partial charge in [0.2, 0.25) is 0 Å². The fourth-order valence-electron chi connectivity index (χ4n) is 2.31. The third kappa shape index (κ3) is 9.66. The van der Waals surface area contributed by atoms with Crippen LogP contribution in [0.25, 0.3) is 11.3 Å². The number of aliphatic imine (C=N–C) groups is 1. The van der Waals surface area contributed by atoms with Crippen LogP contribution in [0.15, 0.2) is 68.8 Å². The number of halogens is 1. The van der Waals surface area contributed by atoms with Crippen molar-refractivity contribution in [2.24, 2.45) is 4.99 Å². The smallest absolute Gasteiger partial charge is 0.348 e. The van der Waals surface area contributed by atoms with Gasteiger partial charge in [0.1, 0.15) is 5.76 Å². The van der Waals surface area contributed by atoms with Gasteiger partial charge in [0.15, 0.2) is 5.82 Å². The summed E-state index contributed by atoms with van der Waals surface area (Å²) < 4.78 is 7.26. The number of nitrogens with one attached hydrogen (secondary N) is 1. The molecule has 6 nitrogen and oxygen atoms in total. The van der Waals surface area contributed by atoms with E-state index in [1.54, 1.807) is 25.4 Å². The molecule has 1 N–H and O–H groups in total. The zero-order valence-electron chi connectivity index (χ0n) is 19.4. The number of ether oxygens (including phenoxy) is 1. The van der Waals surface area contributed by atoms with Crippen LogP contribution < -0.4 is 5.69 Å². The van der Waals surface area contributed by atoms with Crippen molar-refractivity contribution >= 4 is 29.1 Å². The molecule has 0 radical (unpaired) electrons. The molecule has 0 aliphatic heterocycles. The quantitative estimate of drug-likeness (QED) is 0.417. The van der Waals surface area contributed by atoms with E-state index in [1.807, 2.05) is 52.0 Å². The molecule has 0 saturated heterocycles. The van der Waals surface area contributed by atoms with Crippen molar-refractivity contribution in [3.63, 3.8) is 0 Å². The highest BCUT2D eigenvalue weighted by molar-refractivity contribution is 6.29. The normalized spacial score (nSPS) is 14.6. The number of allylic oxidation sites excluding steroid dienone is 10. The number of hydrogen-bond acceptors (Lipinski definition) is 4. The van der Waals surface area contributed by atoms with Gasteiger partial charge in [-0.25, -0.2) is 14.5 Å². The molecule has 0 spiro atoms. The van der Waals surface area contributed by atoms with Crippen LogP contribution in [0.2, 0.25) is 0 Å². The van der Waals surface area contributed by atoms with Crippen molar-refractivity contribution in [2.75, 3.05) is 0 Å². The highest BCUT2D eigenvalue weighted by Crippen LogP contribution is 2.19. The molecular formula is C24H33ClN4O2. The van der Waals surface area contributed by atoms with E-state index in [0.717, 1.165) is 11.3 Å². The molecular weight excluding hydrogens is 412 g/mol. The molecule has 31 heavy (non-hydrogen) atoms. The maximum Gasteiger partial charge on any atom is 0.348 e. The molecule has 0 saturated carbocycles. The highest BCUT2D eigenvalue weighted by atomic mass is 35.5. The zero-order chi connectivity index (χ0) is 23.4. The fraction of sp³-hybridized carbons (Fsp3) is 0.375. The van der Waals surface area contributed by atoms with Gasteiger partial charge in [0.25, 0.3) is 0 Å². The van der Waals surface area contributed by atoms with Crippen molar-refractivity contribution in [2.45, 2.75) is 61.0 Å². The molecule has 2 rings (SSSR count). The van der Waals surface area contributed by atoms with Gasteiger partial charge in [-0.3, -0.25) is 4.99 Å². The van der Waals surface area contributed by atoms with Crippen molar-refractivity contribution in [3.05, 3.63) is 75.3 Å². The SMILES string of the molecule is CC=C(C)C.C\C(Cl)=C/N=C/C=C(\C)c1n[nH]c(=O)n1C1=CC=C(OC(C)C)CC=C1. The molecule has 0 bridgehead atoms. The molecule has 1 aromatic rings. The summed E-state index contributed by atoms with van der Waals surface area (Å²) in [5.74, 6) is 1.37. The third-order valence-electron chi connectivity index (χ3n) is 3.96. The summed E-state index contributed by atoms with van der Waals surface area (Å²) >= 11 is 5.73. The summed E-state index contributed by atoms with van der Waals surface area (Å²) in [4.78, 5) is 16.3. The van der Waals surface area contributed by atoms with Gasteiger partial charge in [-0.15, -0.1) is 0 Å². The number of rotatable bonds is 6. The first-order valence-electron chi connectivity index (χ1n) is 10.2. The molecule has 1 aliphatic rings. The van der Waals surface area contributed by atoms with Gasteiger partial charge >= 0.3 is 5.69 Å². The van der Waals surface area contributed by atoms with Crippen LogP contribution in [0, 0.1) is 0 Å². The predicted octanol–water partition coefficient (Wildman–Crippen LogP) is 6.23. The third-order valence-corrected chi connectivity index (χ3v) is 4.06. The maximum atomic E-state index is 12.3. The van der Waals surface area contributed by atoms with Gasteiger partial charge in [-0.05, 0) is 78.3 Å². The second kappa shape index (κ2) is 13.4. The van der Waals surface area contributed by atoms with Gasteiger partial charge in [0.05, 0.1) is 11.8 Å². The van der Waals surface area contributed by atoms with Crippen LogP contribution in [0.5, 0.6) is 0 Å². The Hall–Kier alpha value is -2.86. The number of hydrogen-bond donors (Lipinski definition) is 1. The van der Waals surface area contributed by atoms with E-state index in [-0.39, 0.29) is 11.8 Å². The van der Waals surface area contributed by atoms with Crippen molar-refractivity contribution in [1.29, 1.82) is 0 Å². The summed E-state index contributed by atoms with van der Waals surface area (Å²) in [6, 6.07) is 0. The van der Waals surface area contributed by atoms with E-state index in [4.69, 9.17) is 16.3 Å². The molecule has 168 valence electrons. The molecule has 0 fully saturated rings. The Morgan fingerprint density at radius 3 is 2.55 bits per heavy atom. The number of nitrogens with zero attached hydrogens (tertiary/aromatic N) is 3. The van der Waals surface area contributed by atoms with E-state index < -0.39 is 0 Å². The summed E-state index contributed by atoms with van der Waals surface area (Å²) in [5, 5.41) is 7.22. The van der Waals surface area contributed by atoms with Crippen LogP contribution in [0.4, 0.5) is 0 Å². The Bertz CT molecular complexity index is 991. The number of H-pyrrole nitrogens is 1. The largest absolute Gasteiger partial charge is 0.495 e. The first-order chi connectivity index (χ1) is 14.6. The van der Waals surface area contributed by atoms with E-state index in [9.17, 15) is 4.79 Å². The van der Waals surface area contributed by atoms with E-state index in [1.165, 1.54) is 10.1 Å². The Kier molecular flexibility index (Phi) is 11.4. The van der Waals surface area contributed by atoms with Crippen molar-refractivity contribution in [1.82, 2.24) is 14.8 Å². The lowest BCUT2D eigenvalue weighted by atomic mass is 10.2. The van der Waals surface area contributed by atoms with E-state index in [0.29, 0.717) is 23.0 Å². The fourth-order valence-corrected chi connectivity index (χ4v) is 2.37. The Morgan fingerprint density at radius 1 is 1.29 bits per heavy atom. The topological polar surface area (TPSA) is 72.3 Å². The average molecular weight is 445 g/mol. The van der Waals surface area contributed by atoms with Gasteiger partial charge in [-0.2, -0.15) is 5.10 Å². The summed E-state index contributed by atoms with van der Waals surface area (Å²) in [7, 11) is 0. The average Bonchev–Trinajstić information content (AvgIpc) is 2.94. The molecule has 1 aliphatic carbocycles. The first-order valence-corrected chi connectivity index (χ1v) is 10.6. The standard InChI is InChI=1S/C19H23ClN4O2.C5H10/c1-13(2)26-17-7-5-6-16(8-9-17)24-18(22-23-19(24)25)14(3)10-11-21-12-15(4)20;1-4-5(2)3/h5-6,8-13H,7H2,1-4H3,(H,23,25);4H,1-3H3/b14-10+,15-12+,21-11+;. The van der Waals surface area contributed by atoms with Crippen LogP contribution in [0.3, 0.4) is 0 Å². The summed E-state index contributed by atoms with van der Waals surface area (Å²) in [6.07, 6.45) is 15.4. The van der Waals surface area contributed by atoms with E-state index in [2.05, 4.69) is 35.1 Å². The molecule has 7 heteroatoms. The minimum Gasteiger partial charge on any atom is -0.495 e. The summed E-state index contributed by atoms with van der Waals surface area (Å²) in [5.41, 5.74) is 2.57. The van der Waals surface area contributed by atoms with Gasteiger partial charge in [0, 0.05) is 23.9 Å². The predicted molar refractivity (Wildman–Crippen MR) is 132 cm³/mol. The van der Waals surface area contributed by atoms with Crippen molar-refractivity contribution < 1.29 is 4.74 Å².